The molecule has 38 heavy (non-hydrogen) atoms. The predicted octanol–water partition coefficient (Wildman–Crippen LogP) is 5.31. The van der Waals surface area contributed by atoms with Gasteiger partial charge in [0.15, 0.2) is 0 Å². The summed E-state index contributed by atoms with van der Waals surface area (Å²) in [6, 6.07) is 17.1. The normalized spacial score (nSPS) is 17.9. The van der Waals surface area contributed by atoms with Gasteiger partial charge in [0.2, 0.25) is 5.95 Å². The van der Waals surface area contributed by atoms with Crippen molar-refractivity contribution in [1.29, 1.82) is 0 Å². The summed E-state index contributed by atoms with van der Waals surface area (Å²) >= 11 is 0. The van der Waals surface area contributed by atoms with Crippen molar-refractivity contribution in [2.45, 2.75) is 62.9 Å². The SMILES string of the molecule is CCc1cc(-c2ccc(NS(=O)(=O)c3ccccc3)nc2C)cc2cnc(NC3CCC(NC)CC3)nc12. The highest BCUT2D eigenvalue weighted by Crippen LogP contribution is 2.31. The van der Waals surface area contributed by atoms with E-state index in [0.29, 0.717) is 18.0 Å². The van der Waals surface area contributed by atoms with Crippen LogP contribution in [-0.4, -0.2) is 42.5 Å². The first-order chi connectivity index (χ1) is 18.4. The molecule has 0 aliphatic heterocycles. The molecule has 2 heterocycles. The number of nitrogens with zero attached hydrogens (tertiary/aromatic N) is 3. The van der Waals surface area contributed by atoms with Crippen molar-refractivity contribution < 1.29 is 8.42 Å². The largest absolute Gasteiger partial charge is 0.351 e. The lowest BCUT2D eigenvalue weighted by molar-refractivity contribution is 0.370. The number of sulfonamides is 1. The number of hydrogen-bond donors (Lipinski definition) is 3. The molecule has 2 aromatic heterocycles. The van der Waals surface area contributed by atoms with E-state index in [2.05, 4.69) is 44.4 Å². The summed E-state index contributed by atoms with van der Waals surface area (Å²) < 4.78 is 28.0. The molecule has 2 aromatic carbocycles. The molecule has 9 heteroatoms. The Morgan fingerprint density at radius 2 is 1.68 bits per heavy atom. The van der Waals surface area contributed by atoms with Gasteiger partial charge >= 0.3 is 0 Å². The Labute approximate surface area is 224 Å². The molecule has 0 amide bonds. The molecule has 1 aliphatic rings. The lowest BCUT2D eigenvalue weighted by Gasteiger charge is -2.28. The highest BCUT2D eigenvalue weighted by molar-refractivity contribution is 7.92. The molecule has 1 aliphatic carbocycles. The summed E-state index contributed by atoms with van der Waals surface area (Å²) in [4.78, 5) is 14.3. The predicted molar refractivity (Wildman–Crippen MR) is 153 cm³/mol. The first kappa shape index (κ1) is 26.1. The van der Waals surface area contributed by atoms with E-state index < -0.39 is 10.0 Å². The van der Waals surface area contributed by atoms with Crippen LogP contribution in [0.2, 0.25) is 0 Å². The second kappa shape index (κ2) is 11.0. The van der Waals surface area contributed by atoms with Crippen LogP contribution in [0.1, 0.15) is 43.9 Å². The van der Waals surface area contributed by atoms with Crippen LogP contribution in [0, 0.1) is 6.92 Å². The molecule has 8 nitrogen and oxygen atoms in total. The van der Waals surface area contributed by atoms with E-state index >= 15 is 0 Å². The average Bonchev–Trinajstić information content (AvgIpc) is 2.93. The molecular formula is C29H34N6O2S. The summed E-state index contributed by atoms with van der Waals surface area (Å²) in [5.41, 5.74) is 4.76. The molecule has 4 aromatic rings. The fourth-order valence-corrected chi connectivity index (χ4v) is 6.16. The Kier molecular flexibility index (Phi) is 7.58. The van der Waals surface area contributed by atoms with Crippen molar-refractivity contribution in [2.24, 2.45) is 0 Å². The number of anilines is 2. The summed E-state index contributed by atoms with van der Waals surface area (Å²) in [6.45, 7) is 4.01. The van der Waals surface area contributed by atoms with Gasteiger partial charge in [-0.15, -0.1) is 0 Å². The molecule has 5 rings (SSSR count). The molecular weight excluding hydrogens is 496 g/mol. The maximum atomic E-state index is 12.7. The van der Waals surface area contributed by atoms with Crippen LogP contribution in [-0.2, 0) is 16.4 Å². The molecule has 0 saturated heterocycles. The van der Waals surface area contributed by atoms with Gasteiger partial charge in [-0.1, -0.05) is 25.1 Å². The third-order valence-electron chi connectivity index (χ3n) is 7.30. The molecule has 0 bridgehead atoms. The van der Waals surface area contributed by atoms with Crippen molar-refractivity contribution >= 4 is 32.7 Å². The number of benzene rings is 2. The summed E-state index contributed by atoms with van der Waals surface area (Å²) in [7, 11) is -1.67. The first-order valence-corrected chi connectivity index (χ1v) is 14.6. The van der Waals surface area contributed by atoms with Gasteiger partial charge in [0.25, 0.3) is 10.0 Å². The molecule has 3 N–H and O–H groups in total. The lowest BCUT2D eigenvalue weighted by atomic mass is 9.91. The molecule has 0 spiro atoms. The molecule has 0 unspecified atom stereocenters. The van der Waals surface area contributed by atoms with Crippen LogP contribution < -0.4 is 15.4 Å². The first-order valence-electron chi connectivity index (χ1n) is 13.2. The topological polar surface area (TPSA) is 109 Å². The summed E-state index contributed by atoms with van der Waals surface area (Å²) in [5, 5.41) is 7.89. The molecule has 1 saturated carbocycles. The smallest absolute Gasteiger partial charge is 0.263 e. The number of hydrogen-bond acceptors (Lipinski definition) is 7. The summed E-state index contributed by atoms with van der Waals surface area (Å²) in [5.74, 6) is 0.968. The molecule has 1 fully saturated rings. The minimum Gasteiger partial charge on any atom is -0.351 e. The van der Waals surface area contributed by atoms with Crippen molar-refractivity contribution in [2.75, 3.05) is 17.1 Å². The third kappa shape index (κ3) is 5.63. The van der Waals surface area contributed by atoms with Crippen LogP contribution in [0.25, 0.3) is 22.0 Å². The minimum absolute atomic E-state index is 0.199. The number of nitrogens with one attached hydrogen (secondary N) is 3. The fraction of sp³-hybridized carbons (Fsp3) is 0.345. The maximum Gasteiger partial charge on any atom is 0.263 e. The van der Waals surface area contributed by atoms with Gasteiger partial charge in [0, 0.05) is 34.9 Å². The van der Waals surface area contributed by atoms with E-state index in [1.165, 1.54) is 0 Å². The van der Waals surface area contributed by atoms with Gasteiger partial charge in [-0.05, 0) is 93.6 Å². The Hall–Kier alpha value is -3.56. The van der Waals surface area contributed by atoms with Gasteiger partial charge in [-0.2, -0.15) is 0 Å². The highest BCUT2D eigenvalue weighted by atomic mass is 32.2. The van der Waals surface area contributed by atoms with Crippen molar-refractivity contribution in [3.8, 4) is 11.1 Å². The monoisotopic (exact) mass is 530 g/mol. The van der Waals surface area contributed by atoms with Gasteiger partial charge in [0.1, 0.15) is 5.82 Å². The quantitative estimate of drug-likeness (QED) is 0.283. The van der Waals surface area contributed by atoms with E-state index in [4.69, 9.17) is 4.98 Å². The maximum absolute atomic E-state index is 12.7. The standard InChI is InChI=1S/C29H34N6O2S/c1-4-20-16-21(17-22-18-31-29(34-28(20)22)33-24-12-10-23(30-3)11-13-24)26-14-15-27(32-19(26)2)35-38(36,37)25-8-6-5-7-9-25/h5-9,14-18,23-24,30H,4,10-13H2,1-3H3,(H,32,35)(H,31,33,34). The van der Waals surface area contributed by atoms with Crippen molar-refractivity contribution in [1.82, 2.24) is 20.3 Å². The zero-order valence-corrected chi connectivity index (χ0v) is 22.8. The molecule has 0 radical (unpaired) electrons. The molecule has 0 atom stereocenters. The Balaban J connectivity index is 1.39. The number of aromatic nitrogens is 3. The van der Waals surface area contributed by atoms with Crippen LogP contribution in [0.3, 0.4) is 0 Å². The van der Waals surface area contributed by atoms with E-state index in [1.54, 1.807) is 36.4 Å². The number of fused-ring (bicyclic) bond motifs is 1. The van der Waals surface area contributed by atoms with E-state index in [9.17, 15) is 8.42 Å². The average molecular weight is 531 g/mol. The number of aryl methyl sites for hydroxylation is 2. The zero-order chi connectivity index (χ0) is 26.7. The van der Waals surface area contributed by atoms with Crippen molar-refractivity contribution in [3.63, 3.8) is 0 Å². The third-order valence-corrected chi connectivity index (χ3v) is 8.67. The second-order valence-electron chi connectivity index (χ2n) is 9.85. The Bertz CT molecular complexity index is 1530. The minimum atomic E-state index is -3.70. The highest BCUT2D eigenvalue weighted by Gasteiger charge is 2.21. The van der Waals surface area contributed by atoms with Gasteiger partial charge in [-0.3, -0.25) is 4.72 Å². The second-order valence-corrected chi connectivity index (χ2v) is 11.5. The number of pyridine rings is 1. The lowest BCUT2D eigenvalue weighted by Crippen LogP contribution is -2.35. The van der Waals surface area contributed by atoms with Gasteiger partial charge in [-0.25, -0.2) is 23.4 Å². The van der Waals surface area contributed by atoms with E-state index in [1.807, 2.05) is 26.2 Å². The van der Waals surface area contributed by atoms with Crippen molar-refractivity contribution in [3.05, 3.63) is 72.1 Å². The van der Waals surface area contributed by atoms with Crippen LogP contribution >= 0.6 is 0 Å². The Morgan fingerprint density at radius 3 is 2.37 bits per heavy atom. The summed E-state index contributed by atoms with van der Waals surface area (Å²) in [6.07, 6.45) is 7.25. The van der Waals surface area contributed by atoms with Crippen LogP contribution in [0.15, 0.2) is 65.7 Å². The van der Waals surface area contributed by atoms with E-state index in [-0.39, 0.29) is 10.7 Å². The van der Waals surface area contributed by atoms with E-state index in [0.717, 1.165) is 65.4 Å². The Morgan fingerprint density at radius 1 is 0.947 bits per heavy atom. The molecule has 198 valence electrons. The zero-order valence-electron chi connectivity index (χ0n) is 22.0. The number of rotatable bonds is 8. The van der Waals surface area contributed by atoms with Gasteiger partial charge in [0.05, 0.1) is 10.4 Å². The van der Waals surface area contributed by atoms with Gasteiger partial charge < -0.3 is 10.6 Å². The fourth-order valence-electron chi connectivity index (χ4n) is 5.14. The van der Waals surface area contributed by atoms with Crippen LogP contribution in [0.5, 0.6) is 0 Å². The van der Waals surface area contributed by atoms with Crippen LogP contribution in [0.4, 0.5) is 11.8 Å².